The maximum Gasteiger partial charge on any atom is 0.252 e. The van der Waals surface area contributed by atoms with Gasteiger partial charge in [-0.15, -0.1) is 11.3 Å². The van der Waals surface area contributed by atoms with Crippen molar-refractivity contribution in [2.24, 2.45) is 5.92 Å². The first-order valence-corrected chi connectivity index (χ1v) is 9.92. The predicted octanol–water partition coefficient (Wildman–Crippen LogP) is 3.06. The Morgan fingerprint density at radius 2 is 2.10 bits per heavy atom. The zero-order chi connectivity index (χ0) is 15.6. The van der Waals surface area contributed by atoms with Gasteiger partial charge in [-0.1, -0.05) is 20.8 Å². The molecule has 120 valence electrons. The molecule has 0 radical (unpaired) electrons. The molecule has 0 saturated carbocycles. The van der Waals surface area contributed by atoms with E-state index in [9.17, 15) is 8.42 Å². The van der Waals surface area contributed by atoms with E-state index in [1.807, 2.05) is 13.0 Å². The molecule has 2 atom stereocenters. The Labute approximate surface area is 132 Å². The normalized spacial score (nSPS) is 24.6. The van der Waals surface area contributed by atoms with Gasteiger partial charge in [0.15, 0.2) is 0 Å². The van der Waals surface area contributed by atoms with E-state index >= 15 is 0 Å². The van der Waals surface area contributed by atoms with Gasteiger partial charge in [0, 0.05) is 30.1 Å². The minimum atomic E-state index is -3.34. The maximum absolute atomic E-state index is 12.8. The molecule has 2 rings (SSSR count). The quantitative estimate of drug-likeness (QED) is 0.903. The summed E-state index contributed by atoms with van der Waals surface area (Å²) >= 11 is 1.39. The van der Waals surface area contributed by atoms with E-state index < -0.39 is 10.0 Å². The minimum absolute atomic E-state index is 0.0862. The second kappa shape index (κ2) is 6.77. The van der Waals surface area contributed by atoms with Gasteiger partial charge in [-0.05, 0) is 37.8 Å². The van der Waals surface area contributed by atoms with Gasteiger partial charge in [-0.25, -0.2) is 8.42 Å². The highest BCUT2D eigenvalue weighted by Crippen LogP contribution is 2.31. The zero-order valence-electron chi connectivity index (χ0n) is 13.3. The molecule has 0 aromatic carbocycles. The van der Waals surface area contributed by atoms with Crippen LogP contribution in [0.25, 0.3) is 0 Å². The molecule has 21 heavy (non-hydrogen) atoms. The van der Waals surface area contributed by atoms with Crippen molar-refractivity contribution in [1.82, 2.24) is 9.62 Å². The molecule has 0 spiro atoms. The van der Waals surface area contributed by atoms with Gasteiger partial charge in [-0.3, -0.25) is 0 Å². The molecule has 6 heteroatoms. The standard InChI is InChI=1S/C15H26N2O2S2/c1-11(2)16-10-14-7-8-15(20-14)21(18,19)17-9-5-6-12(3)13(17)4/h7-8,11-13,16H,5-6,9-10H2,1-4H3. The van der Waals surface area contributed by atoms with Crippen LogP contribution in [0, 0.1) is 5.92 Å². The molecule has 2 heterocycles. The van der Waals surface area contributed by atoms with Crippen LogP contribution in [-0.4, -0.2) is 31.4 Å². The van der Waals surface area contributed by atoms with Crippen molar-refractivity contribution >= 4 is 21.4 Å². The number of hydrogen-bond acceptors (Lipinski definition) is 4. The van der Waals surface area contributed by atoms with Crippen LogP contribution in [0.3, 0.4) is 0 Å². The van der Waals surface area contributed by atoms with Crippen LogP contribution in [0.2, 0.25) is 0 Å². The van der Waals surface area contributed by atoms with Crippen LogP contribution in [0.15, 0.2) is 16.3 Å². The lowest BCUT2D eigenvalue weighted by atomic mass is 9.94. The van der Waals surface area contributed by atoms with Crippen molar-refractivity contribution in [2.45, 2.75) is 63.4 Å². The molecule has 0 amide bonds. The lowest BCUT2D eigenvalue weighted by Crippen LogP contribution is -2.45. The van der Waals surface area contributed by atoms with E-state index in [0.29, 0.717) is 22.7 Å². The minimum Gasteiger partial charge on any atom is -0.310 e. The Bertz CT molecular complexity index is 566. The molecule has 1 aromatic heterocycles. The molecule has 0 aliphatic carbocycles. The van der Waals surface area contributed by atoms with Crippen LogP contribution >= 0.6 is 11.3 Å². The highest BCUT2D eigenvalue weighted by atomic mass is 32.2. The van der Waals surface area contributed by atoms with E-state index in [0.717, 1.165) is 24.3 Å². The number of rotatable bonds is 5. The van der Waals surface area contributed by atoms with Crippen LogP contribution in [0.5, 0.6) is 0 Å². The molecule has 1 saturated heterocycles. The second-order valence-corrected chi connectivity index (χ2v) is 9.52. The summed E-state index contributed by atoms with van der Waals surface area (Å²) in [5, 5.41) is 3.32. The second-order valence-electron chi connectivity index (χ2n) is 6.23. The molecule has 2 unspecified atom stereocenters. The summed E-state index contributed by atoms with van der Waals surface area (Å²) < 4.78 is 27.8. The van der Waals surface area contributed by atoms with Gasteiger partial charge in [-0.2, -0.15) is 4.31 Å². The lowest BCUT2D eigenvalue weighted by Gasteiger charge is -2.36. The summed E-state index contributed by atoms with van der Waals surface area (Å²) in [5.41, 5.74) is 0. The highest BCUT2D eigenvalue weighted by Gasteiger charge is 2.35. The SMILES string of the molecule is CC(C)NCc1ccc(S(=O)(=O)N2CCCC(C)C2C)s1. The molecule has 1 aliphatic rings. The van der Waals surface area contributed by atoms with E-state index in [1.54, 1.807) is 10.4 Å². The summed E-state index contributed by atoms with van der Waals surface area (Å²) in [4.78, 5) is 1.07. The van der Waals surface area contributed by atoms with Crippen LogP contribution < -0.4 is 5.32 Å². The summed E-state index contributed by atoms with van der Waals surface area (Å²) in [7, 11) is -3.34. The summed E-state index contributed by atoms with van der Waals surface area (Å²) in [6.07, 6.45) is 2.07. The molecule has 4 nitrogen and oxygen atoms in total. The number of thiophene rings is 1. The largest absolute Gasteiger partial charge is 0.310 e. The van der Waals surface area contributed by atoms with E-state index in [4.69, 9.17) is 0 Å². The van der Waals surface area contributed by atoms with E-state index in [-0.39, 0.29) is 6.04 Å². The van der Waals surface area contributed by atoms with Crippen molar-refractivity contribution < 1.29 is 8.42 Å². The smallest absolute Gasteiger partial charge is 0.252 e. The van der Waals surface area contributed by atoms with E-state index in [2.05, 4.69) is 26.1 Å². The first-order chi connectivity index (χ1) is 9.82. The van der Waals surface area contributed by atoms with Crippen molar-refractivity contribution in [3.63, 3.8) is 0 Å². The lowest BCUT2D eigenvalue weighted by molar-refractivity contribution is 0.202. The molecule has 1 aliphatic heterocycles. The molecule has 1 fully saturated rings. The highest BCUT2D eigenvalue weighted by molar-refractivity contribution is 7.91. The Balaban J connectivity index is 2.16. The molecule has 1 N–H and O–H groups in total. The van der Waals surface area contributed by atoms with Gasteiger partial charge in [0.1, 0.15) is 4.21 Å². The van der Waals surface area contributed by atoms with E-state index in [1.165, 1.54) is 11.3 Å². The van der Waals surface area contributed by atoms with Crippen molar-refractivity contribution in [2.75, 3.05) is 6.54 Å². The zero-order valence-corrected chi connectivity index (χ0v) is 14.9. The molecular formula is C15H26N2O2S2. The fourth-order valence-corrected chi connectivity index (χ4v) is 5.85. The average Bonchev–Trinajstić information content (AvgIpc) is 2.89. The van der Waals surface area contributed by atoms with Gasteiger partial charge >= 0.3 is 0 Å². The van der Waals surface area contributed by atoms with Gasteiger partial charge in [0.2, 0.25) is 0 Å². The summed E-state index contributed by atoms with van der Waals surface area (Å²) in [6.45, 7) is 9.70. The van der Waals surface area contributed by atoms with Crippen LogP contribution in [-0.2, 0) is 16.6 Å². The maximum atomic E-state index is 12.8. The Morgan fingerprint density at radius 3 is 2.76 bits per heavy atom. The van der Waals surface area contributed by atoms with Crippen molar-refractivity contribution in [3.05, 3.63) is 17.0 Å². The Kier molecular flexibility index (Phi) is 5.46. The number of nitrogens with one attached hydrogen (secondary N) is 1. The summed E-state index contributed by atoms with van der Waals surface area (Å²) in [6, 6.07) is 4.16. The monoisotopic (exact) mass is 330 g/mol. The van der Waals surface area contributed by atoms with Crippen LogP contribution in [0.4, 0.5) is 0 Å². The first-order valence-electron chi connectivity index (χ1n) is 7.66. The first kappa shape index (κ1) is 16.9. The van der Waals surface area contributed by atoms with Crippen molar-refractivity contribution in [1.29, 1.82) is 0 Å². The third-order valence-electron chi connectivity index (χ3n) is 4.20. The third kappa shape index (κ3) is 3.86. The van der Waals surface area contributed by atoms with Crippen molar-refractivity contribution in [3.8, 4) is 0 Å². The molecular weight excluding hydrogens is 304 g/mol. The Hall–Kier alpha value is -0.430. The third-order valence-corrected chi connectivity index (χ3v) is 7.74. The number of hydrogen-bond donors (Lipinski definition) is 1. The Morgan fingerprint density at radius 1 is 1.38 bits per heavy atom. The summed E-state index contributed by atoms with van der Waals surface area (Å²) in [5.74, 6) is 0.426. The number of piperidine rings is 1. The van der Waals surface area contributed by atoms with Crippen LogP contribution in [0.1, 0.15) is 45.4 Å². The van der Waals surface area contributed by atoms with Gasteiger partial charge in [0.25, 0.3) is 10.0 Å². The molecule has 1 aromatic rings. The van der Waals surface area contributed by atoms with Gasteiger partial charge in [0.05, 0.1) is 0 Å². The average molecular weight is 331 g/mol. The fraction of sp³-hybridized carbons (Fsp3) is 0.733. The van der Waals surface area contributed by atoms with Gasteiger partial charge < -0.3 is 5.32 Å². The number of sulfonamides is 1. The molecule has 0 bridgehead atoms. The fourth-order valence-electron chi connectivity index (χ4n) is 2.65. The predicted molar refractivity (Wildman–Crippen MR) is 88.0 cm³/mol. The topological polar surface area (TPSA) is 49.4 Å². The number of nitrogens with zero attached hydrogens (tertiary/aromatic N) is 1.